The van der Waals surface area contributed by atoms with Crippen LogP contribution in [0.4, 0.5) is 5.95 Å². The van der Waals surface area contributed by atoms with Crippen molar-refractivity contribution in [1.29, 1.82) is 0 Å². The molecule has 2 aromatic rings. The highest BCUT2D eigenvalue weighted by Crippen LogP contribution is 2.26. The lowest BCUT2D eigenvalue weighted by Crippen LogP contribution is -2.34. The van der Waals surface area contributed by atoms with Gasteiger partial charge in [0.05, 0.1) is 12.5 Å². The molecule has 4 heterocycles. The fourth-order valence-corrected chi connectivity index (χ4v) is 3.90. The lowest BCUT2D eigenvalue weighted by molar-refractivity contribution is 0.179. The number of likely N-dealkylation sites (tertiary alicyclic amines) is 1. The first kappa shape index (κ1) is 18.3. The van der Waals surface area contributed by atoms with Crippen LogP contribution in [0.15, 0.2) is 16.9 Å². The zero-order chi connectivity index (χ0) is 18.5. The summed E-state index contributed by atoms with van der Waals surface area (Å²) < 4.78 is 10.6. The van der Waals surface area contributed by atoms with Gasteiger partial charge in [-0.05, 0) is 32.2 Å². The molecule has 0 N–H and O–H groups in total. The molecule has 2 aliphatic heterocycles. The van der Waals surface area contributed by atoms with Gasteiger partial charge in [-0.3, -0.25) is 4.90 Å². The topological polar surface area (TPSA) is 80.4 Å². The van der Waals surface area contributed by atoms with Crippen LogP contribution in [0.5, 0.6) is 0 Å². The van der Waals surface area contributed by atoms with E-state index in [1.807, 2.05) is 12.4 Å². The first-order valence-corrected chi connectivity index (χ1v) is 9.91. The molecule has 8 heteroatoms. The Labute approximate surface area is 159 Å². The van der Waals surface area contributed by atoms with Crippen molar-refractivity contribution in [3.8, 4) is 0 Å². The Morgan fingerprint density at radius 1 is 1.15 bits per heavy atom. The van der Waals surface area contributed by atoms with E-state index in [1.54, 1.807) is 7.11 Å². The summed E-state index contributed by atoms with van der Waals surface area (Å²) in [6.07, 6.45) is 9.34. The molecule has 27 heavy (non-hydrogen) atoms. The van der Waals surface area contributed by atoms with E-state index in [2.05, 4.69) is 29.9 Å². The number of methoxy groups -OCH3 is 1. The third-order valence-electron chi connectivity index (χ3n) is 5.36. The van der Waals surface area contributed by atoms with Crippen molar-refractivity contribution in [1.82, 2.24) is 25.0 Å². The maximum absolute atomic E-state index is 5.50. The van der Waals surface area contributed by atoms with Gasteiger partial charge >= 0.3 is 0 Å². The molecule has 0 spiro atoms. The Hall–Kier alpha value is -2.06. The van der Waals surface area contributed by atoms with E-state index >= 15 is 0 Å². The molecule has 146 valence electrons. The summed E-state index contributed by atoms with van der Waals surface area (Å²) in [5.41, 5.74) is 1.16. The van der Waals surface area contributed by atoms with Crippen molar-refractivity contribution >= 4 is 5.95 Å². The Morgan fingerprint density at radius 2 is 1.96 bits per heavy atom. The third kappa shape index (κ3) is 4.62. The molecule has 0 aliphatic carbocycles. The van der Waals surface area contributed by atoms with Crippen molar-refractivity contribution in [2.75, 3.05) is 44.8 Å². The summed E-state index contributed by atoms with van der Waals surface area (Å²) in [5.74, 6) is 2.65. The molecule has 0 aromatic carbocycles. The van der Waals surface area contributed by atoms with Crippen LogP contribution >= 0.6 is 0 Å². The minimum absolute atomic E-state index is 0.298. The number of ether oxygens (including phenoxy) is 1. The predicted molar refractivity (Wildman–Crippen MR) is 101 cm³/mol. The number of nitrogens with zero attached hydrogens (tertiary/aromatic N) is 6. The summed E-state index contributed by atoms with van der Waals surface area (Å²) in [6, 6.07) is 0. The van der Waals surface area contributed by atoms with Crippen LogP contribution < -0.4 is 4.90 Å². The fourth-order valence-electron chi connectivity index (χ4n) is 3.90. The molecule has 2 fully saturated rings. The second-order valence-corrected chi connectivity index (χ2v) is 7.45. The highest BCUT2D eigenvalue weighted by molar-refractivity contribution is 5.30. The molecule has 0 unspecified atom stereocenters. The largest absolute Gasteiger partial charge is 0.384 e. The van der Waals surface area contributed by atoms with Gasteiger partial charge in [0.2, 0.25) is 11.8 Å². The van der Waals surface area contributed by atoms with Crippen LogP contribution in [0.3, 0.4) is 0 Å². The van der Waals surface area contributed by atoms with Crippen molar-refractivity contribution in [3.05, 3.63) is 29.7 Å². The summed E-state index contributed by atoms with van der Waals surface area (Å²) in [7, 11) is 1.68. The van der Waals surface area contributed by atoms with E-state index in [-0.39, 0.29) is 0 Å². The van der Waals surface area contributed by atoms with E-state index < -0.39 is 0 Å². The third-order valence-corrected chi connectivity index (χ3v) is 5.36. The van der Waals surface area contributed by atoms with Crippen molar-refractivity contribution in [3.63, 3.8) is 0 Å². The maximum Gasteiger partial charge on any atom is 0.231 e. The van der Waals surface area contributed by atoms with Gasteiger partial charge in [0.15, 0.2) is 5.82 Å². The molecule has 0 radical (unpaired) electrons. The molecule has 2 saturated heterocycles. The number of hydrogen-bond donors (Lipinski definition) is 0. The number of rotatable bonds is 7. The zero-order valence-corrected chi connectivity index (χ0v) is 16.0. The highest BCUT2D eigenvalue weighted by atomic mass is 16.5. The molecular formula is C19H28N6O2. The highest BCUT2D eigenvalue weighted by Gasteiger charge is 2.26. The van der Waals surface area contributed by atoms with Crippen LogP contribution in [0.1, 0.15) is 48.9 Å². The van der Waals surface area contributed by atoms with E-state index in [0.717, 1.165) is 68.8 Å². The van der Waals surface area contributed by atoms with Crippen molar-refractivity contribution < 1.29 is 9.26 Å². The fraction of sp³-hybridized carbons (Fsp3) is 0.684. The first-order chi connectivity index (χ1) is 13.3. The maximum atomic E-state index is 5.50. The lowest BCUT2D eigenvalue weighted by Gasteiger charge is -2.30. The summed E-state index contributed by atoms with van der Waals surface area (Å²) in [5, 5.41) is 4.08. The van der Waals surface area contributed by atoms with Gasteiger partial charge in [0.25, 0.3) is 0 Å². The lowest BCUT2D eigenvalue weighted by atomic mass is 9.97. The van der Waals surface area contributed by atoms with Gasteiger partial charge in [-0.25, -0.2) is 9.97 Å². The van der Waals surface area contributed by atoms with E-state index in [9.17, 15) is 0 Å². The average molecular weight is 372 g/mol. The number of hydrogen-bond acceptors (Lipinski definition) is 8. The quantitative estimate of drug-likeness (QED) is 0.730. The molecule has 0 saturated carbocycles. The normalized spacial score (nSPS) is 21.1. The minimum atomic E-state index is 0.298. The first-order valence-electron chi connectivity index (χ1n) is 9.91. The molecule has 0 bridgehead atoms. The Balaban J connectivity index is 1.33. The average Bonchev–Trinajstić information content (AvgIpc) is 3.39. The van der Waals surface area contributed by atoms with E-state index in [4.69, 9.17) is 9.26 Å². The van der Waals surface area contributed by atoms with E-state index in [0.29, 0.717) is 18.9 Å². The Bertz CT molecular complexity index is 713. The molecule has 4 rings (SSSR count). The summed E-state index contributed by atoms with van der Waals surface area (Å²) in [4.78, 5) is 18.4. The Kier molecular flexibility index (Phi) is 5.94. The number of anilines is 1. The summed E-state index contributed by atoms with van der Waals surface area (Å²) in [6.45, 7) is 5.63. The standard InChI is InChI=1S/C19H28N6O2/c1-26-10-6-17-22-18(27-23-17)16-5-4-7-24(14-16)13-15-11-20-19(21-12-15)25-8-2-3-9-25/h11-12,16H,2-10,13-14H2,1H3/t16-/m1/s1. The van der Waals surface area contributed by atoms with Crippen molar-refractivity contribution in [2.45, 2.75) is 44.6 Å². The van der Waals surface area contributed by atoms with Crippen molar-refractivity contribution in [2.24, 2.45) is 0 Å². The molecule has 2 aliphatic rings. The van der Waals surface area contributed by atoms with Crippen LogP contribution in [0.2, 0.25) is 0 Å². The van der Waals surface area contributed by atoms with E-state index in [1.165, 1.54) is 12.8 Å². The number of piperidine rings is 1. The SMILES string of the molecule is COCCc1noc([C@@H]2CCCN(Cc3cnc(N4CCCC4)nc3)C2)n1. The van der Waals surface area contributed by atoms with Gasteiger partial charge in [-0.15, -0.1) is 0 Å². The number of aromatic nitrogens is 4. The van der Waals surface area contributed by atoms with Gasteiger partial charge in [-0.2, -0.15) is 4.98 Å². The molecule has 1 atom stereocenters. The van der Waals surface area contributed by atoms with Gasteiger partial charge in [-0.1, -0.05) is 5.16 Å². The second kappa shape index (κ2) is 8.75. The van der Waals surface area contributed by atoms with Crippen LogP contribution in [0.25, 0.3) is 0 Å². The smallest absolute Gasteiger partial charge is 0.231 e. The van der Waals surface area contributed by atoms with Crippen LogP contribution in [-0.2, 0) is 17.7 Å². The summed E-state index contributed by atoms with van der Waals surface area (Å²) >= 11 is 0. The Morgan fingerprint density at radius 3 is 2.74 bits per heavy atom. The molecule has 2 aromatic heterocycles. The van der Waals surface area contributed by atoms with Gasteiger partial charge in [0, 0.05) is 57.7 Å². The second-order valence-electron chi connectivity index (χ2n) is 7.45. The predicted octanol–water partition coefficient (Wildman–Crippen LogP) is 2.03. The monoisotopic (exact) mass is 372 g/mol. The van der Waals surface area contributed by atoms with Crippen LogP contribution in [-0.4, -0.2) is 64.9 Å². The minimum Gasteiger partial charge on any atom is -0.384 e. The molecule has 0 amide bonds. The molecule has 8 nitrogen and oxygen atoms in total. The van der Waals surface area contributed by atoms with Gasteiger partial charge in [0.1, 0.15) is 0 Å². The van der Waals surface area contributed by atoms with Crippen LogP contribution in [0, 0.1) is 0 Å². The molecular weight excluding hydrogens is 344 g/mol. The van der Waals surface area contributed by atoms with Gasteiger partial charge < -0.3 is 14.2 Å². The zero-order valence-electron chi connectivity index (χ0n) is 16.0.